The minimum atomic E-state index is 0.701. The van der Waals surface area contributed by atoms with E-state index in [2.05, 4.69) is 17.0 Å². The van der Waals surface area contributed by atoms with Crippen LogP contribution in [0.3, 0.4) is 0 Å². The minimum absolute atomic E-state index is 0.701. The van der Waals surface area contributed by atoms with Gasteiger partial charge in [0.25, 0.3) is 0 Å². The van der Waals surface area contributed by atoms with Crippen molar-refractivity contribution in [2.75, 3.05) is 11.4 Å². The van der Waals surface area contributed by atoms with Crippen LogP contribution in [0.25, 0.3) is 28.0 Å². The number of halogens is 2. The Morgan fingerprint density at radius 2 is 1.44 bits per heavy atom. The molecule has 1 aliphatic rings. The van der Waals surface area contributed by atoms with E-state index in [1.54, 1.807) is 0 Å². The van der Waals surface area contributed by atoms with Crippen molar-refractivity contribution in [2.24, 2.45) is 0 Å². The first-order valence-corrected chi connectivity index (χ1v) is 11.2. The lowest BCUT2D eigenvalue weighted by Gasteiger charge is -2.21. The molecule has 6 heteroatoms. The maximum atomic E-state index is 6.17. The smallest absolute Gasteiger partial charge is 0.165 e. The highest BCUT2D eigenvalue weighted by Crippen LogP contribution is 2.44. The molecule has 1 aliphatic heterocycles. The van der Waals surface area contributed by atoms with Gasteiger partial charge in [-0.3, -0.25) is 0 Å². The van der Waals surface area contributed by atoms with E-state index < -0.39 is 0 Å². The van der Waals surface area contributed by atoms with Crippen molar-refractivity contribution >= 4 is 45.6 Å². The summed E-state index contributed by atoms with van der Waals surface area (Å²) in [5.41, 5.74) is 7.19. The lowest BCUT2D eigenvalue weighted by molar-refractivity contribution is 0.900. The SMILES string of the molecule is Clc1ccc(-c2nn(-c3ccccc3)c3ncc4c(c23)N(c2ccc(Cl)cc2)CC4)cc1. The fourth-order valence-corrected chi connectivity index (χ4v) is 4.63. The van der Waals surface area contributed by atoms with E-state index in [-0.39, 0.29) is 0 Å². The summed E-state index contributed by atoms with van der Waals surface area (Å²) in [6, 6.07) is 25.9. The summed E-state index contributed by atoms with van der Waals surface area (Å²) in [6.45, 7) is 0.883. The molecule has 32 heavy (non-hydrogen) atoms. The number of anilines is 2. The molecule has 0 N–H and O–H groups in total. The number of hydrogen-bond acceptors (Lipinski definition) is 3. The minimum Gasteiger partial charge on any atom is -0.340 e. The third kappa shape index (κ3) is 3.15. The number of nitrogens with zero attached hydrogens (tertiary/aromatic N) is 4. The van der Waals surface area contributed by atoms with Gasteiger partial charge in [-0.25, -0.2) is 9.67 Å². The van der Waals surface area contributed by atoms with Crippen molar-refractivity contribution < 1.29 is 0 Å². The maximum Gasteiger partial charge on any atom is 0.165 e. The van der Waals surface area contributed by atoms with Gasteiger partial charge < -0.3 is 4.90 Å². The topological polar surface area (TPSA) is 34.0 Å². The fourth-order valence-electron chi connectivity index (χ4n) is 4.38. The molecule has 0 aliphatic carbocycles. The fraction of sp³-hybridized carbons (Fsp3) is 0.0769. The van der Waals surface area contributed by atoms with Crippen LogP contribution in [0.1, 0.15) is 5.56 Å². The lowest BCUT2D eigenvalue weighted by atomic mass is 10.1. The molecular weight excluding hydrogens is 439 g/mol. The van der Waals surface area contributed by atoms with Crippen molar-refractivity contribution in [3.63, 3.8) is 0 Å². The second-order valence-corrected chi connectivity index (χ2v) is 8.68. The number of benzene rings is 3. The standard InChI is InChI=1S/C26H18Cl2N4/c27-19-8-6-17(7-9-19)24-23-25-18(14-15-31(25)21-12-10-20(28)11-13-21)16-29-26(23)32(30-24)22-4-2-1-3-5-22/h1-13,16H,14-15H2. The van der Waals surface area contributed by atoms with E-state index in [9.17, 15) is 0 Å². The van der Waals surface area contributed by atoms with E-state index in [1.807, 2.05) is 77.6 Å². The summed E-state index contributed by atoms with van der Waals surface area (Å²) >= 11 is 12.3. The molecule has 3 aromatic carbocycles. The third-order valence-electron chi connectivity index (χ3n) is 5.88. The highest BCUT2D eigenvalue weighted by atomic mass is 35.5. The molecule has 2 aromatic heterocycles. The Morgan fingerprint density at radius 1 is 0.750 bits per heavy atom. The van der Waals surface area contributed by atoms with Gasteiger partial charge in [-0.05, 0) is 60.5 Å². The molecule has 0 saturated carbocycles. The van der Waals surface area contributed by atoms with Crippen molar-refractivity contribution in [2.45, 2.75) is 6.42 Å². The first-order valence-electron chi connectivity index (χ1n) is 10.4. The van der Waals surface area contributed by atoms with Crippen LogP contribution in [0.2, 0.25) is 10.0 Å². The number of aromatic nitrogens is 3. The van der Waals surface area contributed by atoms with Gasteiger partial charge in [0.2, 0.25) is 0 Å². The second-order valence-electron chi connectivity index (χ2n) is 7.81. The molecule has 0 spiro atoms. The van der Waals surface area contributed by atoms with Gasteiger partial charge in [0.05, 0.1) is 16.8 Å². The Hall–Kier alpha value is -3.34. The van der Waals surface area contributed by atoms with Crippen LogP contribution in [0.4, 0.5) is 11.4 Å². The van der Waals surface area contributed by atoms with Gasteiger partial charge in [0.15, 0.2) is 5.65 Å². The molecule has 0 radical (unpaired) electrons. The summed E-state index contributed by atoms with van der Waals surface area (Å²) in [5.74, 6) is 0. The zero-order chi connectivity index (χ0) is 21.7. The number of para-hydroxylation sites is 1. The van der Waals surface area contributed by atoms with Gasteiger partial charge >= 0.3 is 0 Å². The average molecular weight is 457 g/mol. The molecular formula is C26H18Cl2N4. The largest absolute Gasteiger partial charge is 0.340 e. The van der Waals surface area contributed by atoms with Crippen molar-refractivity contribution in [3.8, 4) is 16.9 Å². The van der Waals surface area contributed by atoms with Gasteiger partial charge in [-0.1, -0.05) is 53.5 Å². The van der Waals surface area contributed by atoms with Crippen LogP contribution in [0, 0.1) is 0 Å². The first kappa shape index (κ1) is 19.4. The Kier molecular flexibility index (Phi) is 4.63. The Morgan fingerprint density at radius 3 is 2.16 bits per heavy atom. The molecule has 0 fully saturated rings. The molecule has 0 atom stereocenters. The molecule has 4 nitrogen and oxygen atoms in total. The zero-order valence-electron chi connectivity index (χ0n) is 17.0. The van der Waals surface area contributed by atoms with Crippen LogP contribution < -0.4 is 4.90 Å². The number of rotatable bonds is 3. The van der Waals surface area contributed by atoms with Crippen molar-refractivity contribution in [3.05, 3.63) is 101 Å². The molecule has 3 heterocycles. The van der Waals surface area contributed by atoms with Gasteiger partial charge in [-0.15, -0.1) is 0 Å². The predicted octanol–water partition coefficient (Wildman–Crippen LogP) is 7.09. The maximum absolute atomic E-state index is 6.17. The normalized spacial score (nSPS) is 13.0. The van der Waals surface area contributed by atoms with E-state index in [0.29, 0.717) is 5.02 Å². The zero-order valence-corrected chi connectivity index (χ0v) is 18.6. The summed E-state index contributed by atoms with van der Waals surface area (Å²) < 4.78 is 1.93. The molecule has 0 unspecified atom stereocenters. The molecule has 6 rings (SSSR count). The molecule has 5 aromatic rings. The molecule has 0 saturated heterocycles. The first-order chi connectivity index (χ1) is 15.7. The van der Waals surface area contributed by atoms with Crippen LogP contribution in [0.5, 0.6) is 0 Å². The van der Waals surface area contributed by atoms with Crippen molar-refractivity contribution in [1.82, 2.24) is 14.8 Å². The highest BCUT2D eigenvalue weighted by molar-refractivity contribution is 6.31. The number of pyridine rings is 1. The average Bonchev–Trinajstić information content (AvgIpc) is 3.42. The highest BCUT2D eigenvalue weighted by Gasteiger charge is 2.28. The lowest BCUT2D eigenvalue weighted by Crippen LogP contribution is -2.13. The number of hydrogen-bond donors (Lipinski definition) is 0. The third-order valence-corrected chi connectivity index (χ3v) is 6.38. The van der Waals surface area contributed by atoms with Crippen molar-refractivity contribution in [1.29, 1.82) is 0 Å². The van der Waals surface area contributed by atoms with Crippen LogP contribution in [-0.2, 0) is 6.42 Å². The quantitative estimate of drug-likeness (QED) is 0.290. The monoisotopic (exact) mass is 456 g/mol. The van der Waals surface area contributed by atoms with Crippen LogP contribution >= 0.6 is 23.2 Å². The van der Waals surface area contributed by atoms with E-state index in [4.69, 9.17) is 33.3 Å². The van der Waals surface area contributed by atoms with Gasteiger partial charge in [-0.2, -0.15) is 5.10 Å². The van der Waals surface area contributed by atoms with Crippen LogP contribution in [-0.4, -0.2) is 21.3 Å². The molecule has 0 bridgehead atoms. The van der Waals surface area contributed by atoms with Gasteiger partial charge in [0.1, 0.15) is 5.69 Å². The van der Waals surface area contributed by atoms with E-state index in [1.165, 1.54) is 5.56 Å². The summed E-state index contributed by atoms with van der Waals surface area (Å²) in [5, 5.41) is 7.51. The van der Waals surface area contributed by atoms with E-state index >= 15 is 0 Å². The summed E-state index contributed by atoms with van der Waals surface area (Å²) in [4.78, 5) is 7.20. The number of fused-ring (bicyclic) bond motifs is 3. The predicted molar refractivity (Wildman–Crippen MR) is 131 cm³/mol. The Balaban J connectivity index is 1.65. The van der Waals surface area contributed by atoms with E-state index in [0.717, 1.165) is 57.3 Å². The Labute approximate surface area is 195 Å². The summed E-state index contributed by atoms with van der Waals surface area (Å²) in [7, 11) is 0. The molecule has 0 amide bonds. The Bertz CT molecular complexity index is 1430. The molecule has 156 valence electrons. The van der Waals surface area contributed by atoms with Crippen LogP contribution in [0.15, 0.2) is 85.1 Å². The summed E-state index contributed by atoms with van der Waals surface area (Å²) in [6.07, 6.45) is 2.91. The van der Waals surface area contributed by atoms with Gasteiger partial charge in [0, 0.05) is 34.0 Å². The second kappa shape index (κ2) is 7.66.